The van der Waals surface area contributed by atoms with Crippen molar-refractivity contribution in [3.8, 4) is 11.3 Å². The second-order valence-corrected chi connectivity index (χ2v) is 5.08. The first-order valence-electron chi connectivity index (χ1n) is 7.08. The Labute approximate surface area is 119 Å². The summed E-state index contributed by atoms with van der Waals surface area (Å²) in [6.45, 7) is 4.63. The lowest BCUT2D eigenvalue weighted by Crippen LogP contribution is -2.25. The molecule has 0 bridgehead atoms. The molecular formula is C17H21NO2. The van der Waals surface area contributed by atoms with Crippen molar-refractivity contribution < 1.29 is 5.11 Å². The Hall–Kier alpha value is -1.87. The van der Waals surface area contributed by atoms with Gasteiger partial charge in [0, 0.05) is 12.1 Å². The second kappa shape index (κ2) is 6.53. The van der Waals surface area contributed by atoms with Crippen LogP contribution in [0, 0.1) is 6.92 Å². The predicted molar refractivity (Wildman–Crippen MR) is 81.7 cm³/mol. The molecule has 0 saturated carbocycles. The number of benzene rings is 1. The summed E-state index contributed by atoms with van der Waals surface area (Å²) in [5.74, 6) is 0. The third kappa shape index (κ3) is 2.99. The van der Waals surface area contributed by atoms with E-state index in [1.165, 1.54) is 5.56 Å². The Morgan fingerprint density at radius 3 is 2.40 bits per heavy atom. The molecule has 20 heavy (non-hydrogen) atoms. The highest BCUT2D eigenvalue weighted by molar-refractivity contribution is 5.60. The average molecular weight is 271 g/mol. The summed E-state index contributed by atoms with van der Waals surface area (Å²) in [6.07, 6.45) is 1.98. The fourth-order valence-corrected chi connectivity index (χ4v) is 2.26. The SMILES string of the molecule is CCCCn1c(-c2ccc(C)cc2)ccc(CO)c1=O. The van der Waals surface area contributed by atoms with Gasteiger partial charge < -0.3 is 9.67 Å². The highest BCUT2D eigenvalue weighted by atomic mass is 16.3. The molecule has 0 saturated heterocycles. The fourth-order valence-electron chi connectivity index (χ4n) is 2.26. The zero-order valence-corrected chi connectivity index (χ0v) is 12.1. The molecular weight excluding hydrogens is 250 g/mol. The van der Waals surface area contributed by atoms with Crippen LogP contribution in [0.2, 0.25) is 0 Å². The molecule has 3 nitrogen and oxygen atoms in total. The van der Waals surface area contributed by atoms with Gasteiger partial charge in [0.05, 0.1) is 12.3 Å². The van der Waals surface area contributed by atoms with Crippen molar-refractivity contribution in [3.63, 3.8) is 0 Å². The van der Waals surface area contributed by atoms with E-state index < -0.39 is 0 Å². The van der Waals surface area contributed by atoms with Crippen LogP contribution in [0.15, 0.2) is 41.2 Å². The number of aromatic nitrogens is 1. The molecule has 0 aliphatic carbocycles. The summed E-state index contributed by atoms with van der Waals surface area (Å²) in [5, 5.41) is 9.25. The normalized spacial score (nSPS) is 10.8. The average Bonchev–Trinajstić information content (AvgIpc) is 2.47. The number of hydrogen-bond donors (Lipinski definition) is 1. The van der Waals surface area contributed by atoms with Crippen LogP contribution >= 0.6 is 0 Å². The molecule has 0 aliphatic heterocycles. The first-order valence-corrected chi connectivity index (χ1v) is 7.08. The van der Waals surface area contributed by atoms with Crippen LogP contribution in [0.1, 0.15) is 30.9 Å². The molecule has 1 aromatic carbocycles. The number of hydrogen-bond acceptors (Lipinski definition) is 2. The summed E-state index contributed by atoms with van der Waals surface area (Å²) in [5.41, 5.74) is 3.52. The van der Waals surface area contributed by atoms with Crippen molar-refractivity contribution in [1.29, 1.82) is 0 Å². The molecule has 0 amide bonds. The fraction of sp³-hybridized carbons (Fsp3) is 0.353. The lowest BCUT2D eigenvalue weighted by atomic mass is 10.1. The van der Waals surface area contributed by atoms with Crippen molar-refractivity contribution in [2.24, 2.45) is 0 Å². The van der Waals surface area contributed by atoms with Crippen molar-refractivity contribution in [2.75, 3.05) is 0 Å². The van der Waals surface area contributed by atoms with Gasteiger partial charge in [0.25, 0.3) is 5.56 Å². The van der Waals surface area contributed by atoms with Crippen LogP contribution in [-0.4, -0.2) is 9.67 Å². The van der Waals surface area contributed by atoms with Gasteiger partial charge in [-0.15, -0.1) is 0 Å². The minimum atomic E-state index is -0.209. The number of nitrogens with zero attached hydrogens (tertiary/aromatic N) is 1. The number of pyridine rings is 1. The lowest BCUT2D eigenvalue weighted by molar-refractivity contribution is 0.279. The summed E-state index contributed by atoms with van der Waals surface area (Å²) in [7, 11) is 0. The van der Waals surface area contributed by atoms with Gasteiger partial charge in [0.15, 0.2) is 0 Å². The Bertz CT molecular complexity index is 626. The Morgan fingerprint density at radius 2 is 1.80 bits per heavy atom. The zero-order valence-electron chi connectivity index (χ0n) is 12.1. The van der Waals surface area contributed by atoms with E-state index in [2.05, 4.69) is 6.92 Å². The van der Waals surface area contributed by atoms with E-state index in [1.807, 2.05) is 37.3 Å². The third-order valence-electron chi connectivity index (χ3n) is 3.51. The van der Waals surface area contributed by atoms with E-state index in [1.54, 1.807) is 10.6 Å². The summed E-state index contributed by atoms with van der Waals surface area (Å²) >= 11 is 0. The molecule has 2 aromatic rings. The molecule has 0 aliphatic rings. The number of rotatable bonds is 5. The van der Waals surface area contributed by atoms with Gasteiger partial charge >= 0.3 is 0 Å². The van der Waals surface area contributed by atoms with E-state index in [0.717, 1.165) is 24.1 Å². The van der Waals surface area contributed by atoms with Crippen LogP contribution in [-0.2, 0) is 13.2 Å². The topological polar surface area (TPSA) is 42.2 Å². The standard InChI is InChI=1S/C17H21NO2/c1-3-4-11-18-16(10-9-15(12-19)17(18)20)14-7-5-13(2)6-8-14/h5-10,19H,3-4,11-12H2,1-2H3. The second-order valence-electron chi connectivity index (χ2n) is 5.08. The highest BCUT2D eigenvalue weighted by Crippen LogP contribution is 2.19. The van der Waals surface area contributed by atoms with Crippen LogP contribution < -0.4 is 5.56 Å². The largest absolute Gasteiger partial charge is 0.391 e. The molecule has 1 aromatic heterocycles. The number of aliphatic hydroxyl groups excluding tert-OH is 1. The smallest absolute Gasteiger partial charge is 0.256 e. The molecule has 3 heteroatoms. The van der Waals surface area contributed by atoms with Gasteiger partial charge in [-0.3, -0.25) is 4.79 Å². The third-order valence-corrected chi connectivity index (χ3v) is 3.51. The quantitative estimate of drug-likeness (QED) is 0.908. The van der Waals surface area contributed by atoms with Crippen LogP contribution in [0.25, 0.3) is 11.3 Å². The van der Waals surface area contributed by atoms with Crippen LogP contribution in [0.5, 0.6) is 0 Å². The van der Waals surface area contributed by atoms with Crippen molar-refractivity contribution in [2.45, 2.75) is 39.8 Å². The first kappa shape index (κ1) is 14.5. The van der Waals surface area contributed by atoms with Crippen molar-refractivity contribution in [1.82, 2.24) is 4.57 Å². The predicted octanol–water partition coefficient (Wildman–Crippen LogP) is 3.12. The molecule has 0 fully saturated rings. The minimum Gasteiger partial charge on any atom is -0.391 e. The first-order chi connectivity index (χ1) is 9.67. The van der Waals surface area contributed by atoms with E-state index in [0.29, 0.717) is 12.1 Å². The Morgan fingerprint density at radius 1 is 1.10 bits per heavy atom. The molecule has 0 spiro atoms. The monoisotopic (exact) mass is 271 g/mol. The van der Waals surface area contributed by atoms with E-state index in [4.69, 9.17) is 0 Å². The maximum absolute atomic E-state index is 12.4. The van der Waals surface area contributed by atoms with Gasteiger partial charge in [-0.25, -0.2) is 0 Å². The number of aliphatic hydroxyl groups is 1. The molecule has 0 radical (unpaired) electrons. The highest BCUT2D eigenvalue weighted by Gasteiger charge is 2.09. The molecule has 106 valence electrons. The molecule has 0 unspecified atom stereocenters. The molecule has 0 atom stereocenters. The summed E-state index contributed by atoms with van der Waals surface area (Å²) in [6, 6.07) is 11.8. The number of unbranched alkanes of at least 4 members (excludes halogenated alkanes) is 1. The van der Waals surface area contributed by atoms with Crippen molar-refractivity contribution in [3.05, 3.63) is 57.9 Å². The van der Waals surface area contributed by atoms with Crippen LogP contribution in [0.4, 0.5) is 0 Å². The van der Waals surface area contributed by atoms with Crippen molar-refractivity contribution >= 4 is 0 Å². The van der Waals surface area contributed by atoms with E-state index in [-0.39, 0.29) is 12.2 Å². The minimum absolute atomic E-state index is 0.0842. The Kier molecular flexibility index (Phi) is 4.74. The summed E-state index contributed by atoms with van der Waals surface area (Å²) < 4.78 is 1.78. The summed E-state index contributed by atoms with van der Waals surface area (Å²) in [4.78, 5) is 12.4. The van der Waals surface area contributed by atoms with Crippen LogP contribution in [0.3, 0.4) is 0 Å². The van der Waals surface area contributed by atoms with Gasteiger partial charge in [0.2, 0.25) is 0 Å². The van der Waals surface area contributed by atoms with Gasteiger partial charge in [0.1, 0.15) is 0 Å². The maximum atomic E-state index is 12.4. The Balaban J connectivity index is 2.54. The molecule has 1 heterocycles. The maximum Gasteiger partial charge on any atom is 0.256 e. The van der Waals surface area contributed by atoms with E-state index in [9.17, 15) is 9.90 Å². The van der Waals surface area contributed by atoms with Gasteiger partial charge in [-0.1, -0.05) is 43.2 Å². The van der Waals surface area contributed by atoms with E-state index >= 15 is 0 Å². The molecule has 1 N–H and O–H groups in total. The molecule has 2 rings (SSSR count). The zero-order chi connectivity index (χ0) is 14.5. The lowest BCUT2D eigenvalue weighted by Gasteiger charge is -2.14. The van der Waals surface area contributed by atoms with Gasteiger partial charge in [-0.05, 0) is 31.0 Å². The van der Waals surface area contributed by atoms with Gasteiger partial charge in [-0.2, -0.15) is 0 Å². The number of aryl methyl sites for hydroxylation is 1.